The van der Waals surface area contributed by atoms with E-state index in [0.717, 1.165) is 17.9 Å². The molecule has 1 atom stereocenters. The lowest BCUT2D eigenvalue weighted by atomic mass is 10.1. The van der Waals surface area contributed by atoms with Crippen molar-refractivity contribution >= 4 is 17.2 Å². The van der Waals surface area contributed by atoms with E-state index in [1.54, 1.807) is 0 Å². The third-order valence-corrected chi connectivity index (χ3v) is 3.82. The normalized spacial score (nSPS) is 12.7. The van der Waals surface area contributed by atoms with Gasteiger partial charge in [0.1, 0.15) is 5.65 Å². The summed E-state index contributed by atoms with van der Waals surface area (Å²) in [5.74, 6) is 0. The van der Waals surface area contributed by atoms with Crippen molar-refractivity contribution in [2.45, 2.75) is 26.4 Å². The number of halogens is 1. The molecule has 0 spiro atoms. The minimum Gasteiger partial charge on any atom is -0.305 e. The molecule has 0 fully saturated rings. The van der Waals surface area contributed by atoms with Crippen LogP contribution in [0.4, 0.5) is 0 Å². The number of aryl methyl sites for hydroxylation is 1. The van der Waals surface area contributed by atoms with Gasteiger partial charge in [-0.3, -0.25) is 0 Å². The maximum absolute atomic E-state index is 5.99. The van der Waals surface area contributed by atoms with Crippen LogP contribution in [0.15, 0.2) is 48.8 Å². The summed E-state index contributed by atoms with van der Waals surface area (Å²) in [6.07, 6.45) is 3.88. The zero-order valence-electron chi connectivity index (χ0n) is 12.2. The minimum absolute atomic E-state index is 0.290. The summed E-state index contributed by atoms with van der Waals surface area (Å²) in [6, 6.07) is 12.6. The molecular formula is C17H18ClN3. The van der Waals surface area contributed by atoms with Crippen LogP contribution in [0.25, 0.3) is 5.65 Å². The number of benzene rings is 1. The molecule has 0 aliphatic heterocycles. The van der Waals surface area contributed by atoms with Crippen molar-refractivity contribution in [2.24, 2.45) is 0 Å². The number of imidazole rings is 1. The molecular weight excluding hydrogens is 282 g/mol. The second kappa shape index (κ2) is 5.88. The second-order valence-corrected chi connectivity index (χ2v) is 5.80. The Bertz CT molecular complexity index is 764. The predicted molar refractivity (Wildman–Crippen MR) is 86.6 cm³/mol. The van der Waals surface area contributed by atoms with Crippen molar-refractivity contribution in [3.05, 3.63) is 70.6 Å². The van der Waals surface area contributed by atoms with Gasteiger partial charge in [-0.25, -0.2) is 4.98 Å². The van der Waals surface area contributed by atoms with Gasteiger partial charge in [0.05, 0.1) is 10.7 Å². The SMILES string of the molecule is Cc1cccc([C@H](C)NCc2cn3cc(Cl)ccc3n2)c1. The van der Waals surface area contributed by atoms with Crippen LogP contribution >= 0.6 is 11.6 Å². The Labute approximate surface area is 129 Å². The number of aromatic nitrogens is 2. The quantitative estimate of drug-likeness (QED) is 0.784. The summed E-state index contributed by atoms with van der Waals surface area (Å²) in [5.41, 5.74) is 4.50. The fourth-order valence-corrected chi connectivity index (χ4v) is 2.59. The van der Waals surface area contributed by atoms with Gasteiger partial charge in [0.25, 0.3) is 0 Å². The Balaban J connectivity index is 1.71. The molecule has 0 radical (unpaired) electrons. The molecule has 0 aliphatic rings. The van der Waals surface area contributed by atoms with Crippen molar-refractivity contribution < 1.29 is 0 Å². The fourth-order valence-electron chi connectivity index (χ4n) is 2.42. The van der Waals surface area contributed by atoms with Crippen molar-refractivity contribution in [1.29, 1.82) is 0 Å². The number of fused-ring (bicyclic) bond motifs is 1. The van der Waals surface area contributed by atoms with Crippen LogP contribution in [0.1, 0.15) is 29.8 Å². The Kier molecular flexibility index (Phi) is 3.95. The van der Waals surface area contributed by atoms with Gasteiger partial charge in [-0.1, -0.05) is 41.4 Å². The molecule has 108 valence electrons. The first-order valence-electron chi connectivity index (χ1n) is 7.05. The largest absolute Gasteiger partial charge is 0.305 e. The van der Waals surface area contributed by atoms with E-state index in [0.29, 0.717) is 11.1 Å². The average molecular weight is 300 g/mol. The zero-order chi connectivity index (χ0) is 14.8. The fraction of sp³-hybridized carbons (Fsp3) is 0.235. The summed E-state index contributed by atoms with van der Waals surface area (Å²) < 4.78 is 1.96. The monoisotopic (exact) mass is 299 g/mol. The molecule has 3 nitrogen and oxygen atoms in total. The third kappa shape index (κ3) is 3.26. The number of hydrogen-bond donors (Lipinski definition) is 1. The van der Waals surface area contributed by atoms with Crippen LogP contribution < -0.4 is 5.32 Å². The van der Waals surface area contributed by atoms with Crippen LogP contribution in [0.5, 0.6) is 0 Å². The Morgan fingerprint density at radius 3 is 2.90 bits per heavy atom. The maximum atomic E-state index is 5.99. The number of pyridine rings is 1. The Morgan fingerprint density at radius 2 is 2.10 bits per heavy atom. The van der Waals surface area contributed by atoms with E-state index in [9.17, 15) is 0 Å². The lowest BCUT2D eigenvalue weighted by Crippen LogP contribution is -2.18. The summed E-state index contributed by atoms with van der Waals surface area (Å²) >= 11 is 5.99. The van der Waals surface area contributed by atoms with E-state index in [1.807, 2.05) is 28.9 Å². The molecule has 3 rings (SSSR count). The Hall–Kier alpha value is -1.84. The first kappa shape index (κ1) is 14.1. The molecule has 21 heavy (non-hydrogen) atoms. The summed E-state index contributed by atoms with van der Waals surface area (Å²) in [5, 5.41) is 4.22. The molecule has 0 saturated carbocycles. The third-order valence-electron chi connectivity index (χ3n) is 3.60. The molecule has 2 heterocycles. The maximum Gasteiger partial charge on any atom is 0.137 e. The van der Waals surface area contributed by atoms with Gasteiger partial charge >= 0.3 is 0 Å². The molecule has 0 unspecified atom stereocenters. The Morgan fingerprint density at radius 1 is 1.24 bits per heavy atom. The molecule has 4 heteroatoms. The highest BCUT2D eigenvalue weighted by Gasteiger charge is 2.07. The van der Waals surface area contributed by atoms with E-state index < -0.39 is 0 Å². The van der Waals surface area contributed by atoms with Crippen LogP contribution in [-0.2, 0) is 6.54 Å². The summed E-state index contributed by atoms with van der Waals surface area (Å²) in [7, 11) is 0. The molecule has 2 aromatic heterocycles. The van der Waals surface area contributed by atoms with Gasteiger partial charge in [-0.2, -0.15) is 0 Å². The summed E-state index contributed by atoms with van der Waals surface area (Å²) in [6.45, 7) is 5.01. The van der Waals surface area contributed by atoms with Gasteiger partial charge in [0.15, 0.2) is 0 Å². The predicted octanol–water partition coefficient (Wildman–Crippen LogP) is 4.15. The van der Waals surface area contributed by atoms with Crippen molar-refractivity contribution in [3.8, 4) is 0 Å². The van der Waals surface area contributed by atoms with Gasteiger partial charge in [0.2, 0.25) is 0 Å². The van der Waals surface area contributed by atoms with Gasteiger partial charge in [0, 0.05) is 25.0 Å². The highest BCUT2D eigenvalue weighted by Crippen LogP contribution is 2.15. The van der Waals surface area contributed by atoms with Crippen LogP contribution in [0.3, 0.4) is 0 Å². The van der Waals surface area contributed by atoms with E-state index in [-0.39, 0.29) is 0 Å². The van der Waals surface area contributed by atoms with Gasteiger partial charge in [-0.15, -0.1) is 0 Å². The van der Waals surface area contributed by atoms with E-state index in [1.165, 1.54) is 11.1 Å². The van der Waals surface area contributed by atoms with Crippen molar-refractivity contribution in [1.82, 2.24) is 14.7 Å². The van der Waals surface area contributed by atoms with Crippen LogP contribution in [-0.4, -0.2) is 9.38 Å². The highest BCUT2D eigenvalue weighted by atomic mass is 35.5. The van der Waals surface area contributed by atoms with Gasteiger partial charge < -0.3 is 9.72 Å². The number of hydrogen-bond acceptors (Lipinski definition) is 2. The van der Waals surface area contributed by atoms with E-state index in [4.69, 9.17) is 11.6 Å². The molecule has 0 amide bonds. The number of nitrogens with zero attached hydrogens (tertiary/aromatic N) is 2. The smallest absolute Gasteiger partial charge is 0.137 e. The number of rotatable bonds is 4. The molecule has 3 aromatic rings. The molecule has 0 bridgehead atoms. The first-order chi connectivity index (χ1) is 10.1. The molecule has 1 N–H and O–H groups in total. The van der Waals surface area contributed by atoms with Crippen molar-refractivity contribution in [3.63, 3.8) is 0 Å². The minimum atomic E-state index is 0.290. The highest BCUT2D eigenvalue weighted by molar-refractivity contribution is 6.30. The topological polar surface area (TPSA) is 29.3 Å². The molecule has 1 aromatic carbocycles. The standard InChI is InChI=1S/C17H18ClN3/c1-12-4-3-5-14(8-12)13(2)19-9-16-11-21-10-15(18)6-7-17(21)20-16/h3-8,10-11,13,19H,9H2,1-2H3/t13-/m0/s1. The lowest BCUT2D eigenvalue weighted by molar-refractivity contribution is 0.569. The first-order valence-corrected chi connectivity index (χ1v) is 7.43. The van der Waals surface area contributed by atoms with E-state index >= 15 is 0 Å². The van der Waals surface area contributed by atoms with Crippen LogP contribution in [0, 0.1) is 6.92 Å². The summed E-state index contributed by atoms with van der Waals surface area (Å²) in [4.78, 5) is 4.58. The average Bonchev–Trinajstić information content (AvgIpc) is 2.86. The van der Waals surface area contributed by atoms with Crippen LogP contribution in [0.2, 0.25) is 5.02 Å². The molecule has 0 saturated heterocycles. The lowest BCUT2D eigenvalue weighted by Gasteiger charge is -2.13. The molecule has 0 aliphatic carbocycles. The second-order valence-electron chi connectivity index (χ2n) is 5.36. The van der Waals surface area contributed by atoms with E-state index in [2.05, 4.69) is 48.4 Å². The zero-order valence-corrected chi connectivity index (χ0v) is 12.9. The van der Waals surface area contributed by atoms with Gasteiger partial charge in [-0.05, 0) is 31.5 Å². The number of nitrogens with one attached hydrogen (secondary N) is 1. The van der Waals surface area contributed by atoms with Crippen molar-refractivity contribution in [2.75, 3.05) is 0 Å².